The molecule has 0 radical (unpaired) electrons. The average molecular weight is 350 g/mol. The first-order chi connectivity index (χ1) is 11.7. The number of fused-ring (bicyclic) bond motifs is 1. The molecule has 6 heteroatoms. The minimum atomic E-state index is -0.559. The van der Waals surface area contributed by atoms with Gasteiger partial charge >= 0.3 is 6.09 Å². The molecule has 25 heavy (non-hydrogen) atoms. The van der Waals surface area contributed by atoms with E-state index in [9.17, 15) is 9.90 Å². The summed E-state index contributed by atoms with van der Waals surface area (Å²) < 4.78 is 12.0. The van der Waals surface area contributed by atoms with Crippen molar-refractivity contribution in [2.75, 3.05) is 6.61 Å². The quantitative estimate of drug-likeness (QED) is 0.895. The third-order valence-corrected chi connectivity index (χ3v) is 5.80. The van der Waals surface area contributed by atoms with E-state index < -0.39 is 17.3 Å². The van der Waals surface area contributed by atoms with Crippen LogP contribution in [0.3, 0.4) is 0 Å². The van der Waals surface area contributed by atoms with Crippen LogP contribution in [0.1, 0.15) is 66.7 Å². The van der Waals surface area contributed by atoms with E-state index in [4.69, 9.17) is 9.47 Å². The second-order valence-corrected chi connectivity index (χ2v) is 8.20. The molecule has 0 unspecified atom stereocenters. The first-order valence-corrected chi connectivity index (χ1v) is 9.37. The standard InChI is InChI=1S/C17H24N2O4.C2H6/c1-14(2,3)23-13(20)19-10-4-12(18-19)22-11-9-17(21)15(5-6-15)16(17)7-8-16;1-2/h4,10,21H,5-9,11H2,1-3H3;1-2H3. The van der Waals surface area contributed by atoms with Crippen molar-refractivity contribution in [1.29, 1.82) is 0 Å². The minimum absolute atomic E-state index is 0.221. The zero-order valence-electron chi connectivity index (χ0n) is 16.0. The number of aliphatic hydroxyl groups is 1. The first-order valence-electron chi connectivity index (χ1n) is 9.37. The number of hydrogen-bond donors (Lipinski definition) is 1. The highest BCUT2D eigenvalue weighted by molar-refractivity contribution is 5.69. The molecule has 3 saturated carbocycles. The molecule has 1 heterocycles. The lowest BCUT2D eigenvalue weighted by molar-refractivity contribution is 0.0508. The van der Waals surface area contributed by atoms with E-state index in [-0.39, 0.29) is 10.8 Å². The molecule has 1 N–H and O–H groups in total. The Morgan fingerprint density at radius 2 is 1.80 bits per heavy atom. The van der Waals surface area contributed by atoms with Gasteiger partial charge in [-0.15, -0.1) is 5.10 Å². The maximum Gasteiger partial charge on any atom is 0.435 e. The fraction of sp³-hybridized carbons (Fsp3) is 0.789. The fourth-order valence-electron chi connectivity index (χ4n) is 4.52. The number of aromatic nitrogens is 2. The van der Waals surface area contributed by atoms with Crippen LogP contribution in [0.15, 0.2) is 12.3 Å². The molecule has 0 saturated heterocycles. The van der Waals surface area contributed by atoms with Crippen molar-refractivity contribution in [3.8, 4) is 5.88 Å². The van der Waals surface area contributed by atoms with E-state index >= 15 is 0 Å². The van der Waals surface area contributed by atoms with Crippen molar-refractivity contribution < 1.29 is 19.4 Å². The van der Waals surface area contributed by atoms with Crippen LogP contribution < -0.4 is 4.74 Å². The summed E-state index contributed by atoms with van der Waals surface area (Å²) in [6.45, 7) is 9.85. The Morgan fingerprint density at radius 3 is 2.28 bits per heavy atom. The van der Waals surface area contributed by atoms with Gasteiger partial charge in [0.15, 0.2) is 0 Å². The molecule has 1 aromatic rings. The third-order valence-electron chi connectivity index (χ3n) is 5.80. The molecule has 2 spiro atoms. The van der Waals surface area contributed by atoms with Crippen LogP contribution in [-0.2, 0) is 4.74 Å². The van der Waals surface area contributed by atoms with Gasteiger partial charge in [-0.05, 0) is 46.5 Å². The molecular weight excluding hydrogens is 320 g/mol. The highest BCUT2D eigenvalue weighted by Crippen LogP contribution is 2.94. The molecule has 3 aliphatic carbocycles. The van der Waals surface area contributed by atoms with Gasteiger partial charge in [-0.3, -0.25) is 0 Å². The SMILES string of the molecule is CC.CC(C)(C)OC(=O)n1ccc(OCCC2(O)C3(CC3)C23CC3)n1. The predicted molar refractivity (Wildman–Crippen MR) is 93.6 cm³/mol. The fourth-order valence-corrected chi connectivity index (χ4v) is 4.52. The Morgan fingerprint density at radius 1 is 1.24 bits per heavy atom. The molecule has 1 aromatic heterocycles. The topological polar surface area (TPSA) is 73.6 Å². The van der Waals surface area contributed by atoms with Crippen molar-refractivity contribution >= 4 is 6.09 Å². The van der Waals surface area contributed by atoms with Gasteiger partial charge in [0.05, 0.1) is 12.2 Å². The van der Waals surface area contributed by atoms with E-state index in [0.29, 0.717) is 18.9 Å². The van der Waals surface area contributed by atoms with Crippen LogP contribution in [-0.4, -0.2) is 38.8 Å². The zero-order valence-corrected chi connectivity index (χ0v) is 16.0. The molecule has 6 nitrogen and oxygen atoms in total. The predicted octanol–water partition coefficient (Wildman–Crippen LogP) is 3.77. The third kappa shape index (κ3) is 2.75. The molecule has 0 aromatic carbocycles. The Bertz CT molecular complexity index is 633. The summed E-state index contributed by atoms with van der Waals surface area (Å²) in [7, 11) is 0. The summed E-state index contributed by atoms with van der Waals surface area (Å²) in [5.41, 5.74) is -0.636. The largest absolute Gasteiger partial charge is 0.476 e. The van der Waals surface area contributed by atoms with Crippen molar-refractivity contribution in [3.05, 3.63) is 12.3 Å². The molecule has 4 rings (SSSR count). The monoisotopic (exact) mass is 350 g/mol. The van der Waals surface area contributed by atoms with E-state index in [1.807, 2.05) is 34.6 Å². The molecule has 0 atom stereocenters. The van der Waals surface area contributed by atoms with Crippen LogP contribution in [0.5, 0.6) is 5.88 Å². The van der Waals surface area contributed by atoms with Gasteiger partial charge in [-0.1, -0.05) is 13.8 Å². The number of rotatable bonds is 4. The van der Waals surface area contributed by atoms with Gasteiger partial charge in [0.1, 0.15) is 5.60 Å². The highest BCUT2D eigenvalue weighted by Gasteiger charge is 2.94. The van der Waals surface area contributed by atoms with Gasteiger partial charge in [0.25, 0.3) is 0 Å². The van der Waals surface area contributed by atoms with Gasteiger partial charge < -0.3 is 14.6 Å². The molecule has 140 valence electrons. The number of hydrogen-bond acceptors (Lipinski definition) is 5. The van der Waals surface area contributed by atoms with Crippen LogP contribution in [0, 0.1) is 10.8 Å². The Kier molecular flexibility index (Phi) is 4.18. The Hall–Kier alpha value is -1.56. The molecule has 3 aliphatic rings. The molecule has 0 bridgehead atoms. The van der Waals surface area contributed by atoms with Crippen molar-refractivity contribution in [1.82, 2.24) is 9.78 Å². The second kappa shape index (κ2) is 5.73. The van der Waals surface area contributed by atoms with E-state index in [1.165, 1.54) is 6.20 Å². The summed E-state index contributed by atoms with van der Waals surface area (Å²) in [6, 6.07) is 1.64. The molecular formula is C19H30N2O4. The Labute approximate surface area is 149 Å². The van der Waals surface area contributed by atoms with E-state index in [2.05, 4.69) is 5.10 Å². The van der Waals surface area contributed by atoms with Gasteiger partial charge in [-0.25, -0.2) is 4.79 Å². The molecule has 3 fully saturated rings. The smallest absolute Gasteiger partial charge is 0.435 e. The summed E-state index contributed by atoms with van der Waals surface area (Å²) in [5.74, 6) is 0.384. The minimum Gasteiger partial charge on any atom is -0.476 e. The van der Waals surface area contributed by atoms with E-state index in [1.54, 1.807) is 6.07 Å². The highest BCUT2D eigenvalue weighted by atomic mass is 16.6. The van der Waals surface area contributed by atoms with Gasteiger partial charge in [0.2, 0.25) is 5.88 Å². The summed E-state index contributed by atoms with van der Waals surface area (Å²) >= 11 is 0. The van der Waals surface area contributed by atoms with Crippen LogP contribution in [0.4, 0.5) is 4.79 Å². The van der Waals surface area contributed by atoms with Crippen molar-refractivity contribution in [3.63, 3.8) is 0 Å². The van der Waals surface area contributed by atoms with Gasteiger partial charge in [0, 0.05) is 29.5 Å². The van der Waals surface area contributed by atoms with Crippen LogP contribution in [0.2, 0.25) is 0 Å². The first kappa shape index (κ1) is 18.2. The molecule has 0 aliphatic heterocycles. The lowest BCUT2D eigenvalue weighted by Gasteiger charge is -2.18. The summed E-state index contributed by atoms with van der Waals surface area (Å²) in [4.78, 5) is 11.9. The van der Waals surface area contributed by atoms with Crippen molar-refractivity contribution in [2.24, 2.45) is 10.8 Å². The normalized spacial score (nSPS) is 22.8. The second-order valence-electron chi connectivity index (χ2n) is 8.20. The van der Waals surface area contributed by atoms with Crippen LogP contribution in [0.25, 0.3) is 0 Å². The number of nitrogens with zero attached hydrogens (tertiary/aromatic N) is 2. The average Bonchev–Trinajstić information content (AvgIpc) is 3.46. The zero-order chi connectivity index (χ0) is 18.5. The van der Waals surface area contributed by atoms with Gasteiger partial charge in [-0.2, -0.15) is 4.68 Å². The summed E-state index contributed by atoms with van der Waals surface area (Å²) in [6.07, 6.45) is 6.30. The number of ether oxygens (including phenoxy) is 2. The van der Waals surface area contributed by atoms with Crippen LogP contribution >= 0.6 is 0 Å². The lowest BCUT2D eigenvalue weighted by Crippen LogP contribution is -2.27. The maximum absolute atomic E-state index is 11.9. The number of carbonyl (C=O) groups excluding carboxylic acids is 1. The molecule has 0 amide bonds. The maximum atomic E-state index is 11.9. The van der Waals surface area contributed by atoms with E-state index in [0.717, 1.165) is 30.4 Å². The van der Waals surface area contributed by atoms with Crippen molar-refractivity contribution in [2.45, 2.75) is 77.9 Å². The Balaban J connectivity index is 0.000000880. The lowest BCUT2D eigenvalue weighted by atomic mass is 10.1. The summed E-state index contributed by atoms with van der Waals surface area (Å²) in [5, 5.41) is 14.9. The number of carbonyl (C=O) groups is 1.